The molecule has 0 radical (unpaired) electrons. The summed E-state index contributed by atoms with van der Waals surface area (Å²) < 4.78 is 17.7. The molecule has 0 fully saturated rings. The van der Waals surface area contributed by atoms with Crippen molar-refractivity contribution in [2.24, 2.45) is 4.99 Å². The topological polar surface area (TPSA) is 132 Å². The smallest absolute Gasteiger partial charge is 0.413 e. The van der Waals surface area contributed by atoms with Gasteiger partial charge >= 0.3 is 6.09 Å². The van der Waals surface area contributed by atoms with Gasteiger partial charge in [0, 0.05) is 29.2 Å². The van der Waals surface area contributed by atoms with Gasteiger partial charge in [-0.1, -0.05) is 43.3 Å². The molecule has 0 aliphatic heterocycles. The fraction of sp³-hybridized carbons (Fsp3) is 0.120. The minimum Gasteiger partial charge on any atom is -0.606 e. The Kier molecular flexibility index (Phi) is 8.99. The van der Waals surface area contributed by atoms with E-state index in [2.05, 4.69) is 25.7 Å². The van der Waals surface area contributed by atoms with Crippen LogP contribution >= 0.6 is 0 Å². The molecule has 3 amide bonds. The van der Waals surface area contributed by atoms with Crippen LogP contribution in [0.3, 0.4) is 0 Å². The Labute approximate surface area is 205 Å². The Morgan fingerprint density at radius 1 is 0.886 bits per heavy atom. The molecule has 35 heavy (non-hydrogen) atoms. The second kappa shape index (κ2) is 12.4. The van der Waals surface area contributed by atoms with E-state index in [-0.39, 0.29) is 18.1 Å². The summed E-state index contributed by atoms with van der Waals surface area (Å²) in [5, 5.41) is 7.98. The molecule has 1 atom stereocenters. The molecule has 1 unspecified atom stereocenters. The summed E-state index contributed by atoms with van der Waals surface area (Å²) in [7, 11) is 1.17. The second-order valence-electron chi connectivity index (χ2n) is 7.06. The largest absolute Gasteiger partial charge is 0.606 e. The van der Waals surface area contributed by atoms with Crippen molar-refractivity contribution in [3.05, 3.63) is 84.4 Å². The lowest BCUT2D eigenvalue weighted by Crippen LogP contribution is -2.36. The number of carbonyl (C=O) groups is 3. The lowest BCUT2D eigenvalue weighted by Gasteiger charge is -2.17. The van der Waals surface area contributed by atoms with Crippen molar-refractivity contribution in [2.45, 2.75) is 23.1 Å². The van der Waals surface area contributed by atoms with E-state index in [1.807, 2.05) is 6.07 Å². The molecule has 180 valence electrons. The predicted octanol–water partition coefficient (Wildman–Crippen LogP) is 4.17. The third-order valence-electron chi connectivity index (χ3n) is 4.64. The Bertz CT molecular complexity index is 1220. The molecule has 10 heteroatoms. The first-order valence-corrected chi connectivity index (χ1v) is 11.8. The lowest BCUT2D eigenvalue weighted by atomic mass is 10.2. The van der Waals surface area contributed by atoms with Gasteiger partial charge in [0.15, 0.2) is 9.79 Å². The number of guanidine groups is 1. The van der Waals surface area contributed by atoms with E-state index < -0.39 is 29.1 Å². The number of nitrogens with zero attached hydrogens (tertiary/aromatic N) is 1. The zero-order chi connectivity index (χ0) is 25.2. The average molecular weight is 493 g/mol. The number of aliphatic imine (C=N–C) groups is 1. The first kappa shape index (κ1) is 25.5. The van der Waals surface area contributed by atoms with Crippen molar-refractivity contribution in [2.75, 3.05) is 17.7 Å². The molecule has 3 N–H and O–H groups in total. The van der Waals surface area contributed by atoms with E-state index in [4.69, 9.17) is 0 Å². The minimum atomic E-state index is -1.51. The van der Waals surface area contributed by atoms with Crippen molar-refractivity contribution in [1.29, 1.82) is 0 Å². The van der Waals surface area contributed by atoms with Crippen LogP contribution < -0.4 is 16.0 Å². The molecule has 3 rings (SSSR count). The van der Waals surface area contributed by atoms with E-state index in [0.29, 0.717) is 21.0 Å². The van der Waals surface area contributed by atoms with Gasteiger partial charge < -0.3 is 19.9 Å². The molecular weight excluding hydrogens is 468 g/mol. The lowest BCUT2D eigenvalue weighted by molar-refractivity contribution is -0.117. The maximum atomic E-state index is 13.1. The average Bonchev–Trinajstić information content (AvgIpc) is 2.89. The van der Waals surface area contributed by atoms with Crippen molar-refractivity contribution >= 4 is 46.4 Å². The first-order valence-electron chi connectivity index (χ1n) is 10.6. The molecule has 9 nitrogen and oxygen atoms in total. The second-order valence-corrected chi connectivity index (χ2v) is 8.54. The number of carbonyl (C=O) groups excluding carboxylic acids is 3. The fourth-order valence-corrected chi connectivity index (χ4v) is 3.97. The van der Waals surface area contributed by atoms with Crippen LogP contribution in [0, 0.1) is 0 Å². The number of amides is 3. The number of ether oxygens (including phenoxy) is 1. The van der Waals surface area contributed by atoms with Crippen molar-refractivity contribution in [1.82, 2.24) is 5.32 Å². The summed E-state index contributed by atoms with van der Waals surface area (Å²) in [6.07, 6.45) is -0.725. The zero-order valence-electron chi connectivity index (χ0n) is 19.1. The van der Waals surface area contributed by atoms with Gasteiger partial charge in [-0.25, -0.2) is 4.79 Å². The fourth-order valence-electron chi connectivity index (χ4n) is 2.88. The van der Waals surface area contributed by atoms with Gasteiger partial charge in [-0.05, 0) is 36.4 Å². The van der Waals surface area contributed by atoms with Gasteiger partial charge in [0.05, 0.1) is 18.5 Å². The Balaban J connectivity index is 1.99. The molecule has 0 aliphatic rings. The van der Waals surface area contributed by atoms with Gasteiger partial charge in [0.1, 0.15) is 0 Å². The Morgan fingerprint density at radius 2 is 1.54 bits per heavy atom. The van der Waals surface area contributed by atoms with Gasteiger partial charge in [0.25, 0.3) is 5.91 Å². The van der Waals surface area contributed by atoms with Gasteiger partial charge in [0.2, 0.25) is 11.9 Å². The summed E-state index contributed by atoms with van der Waals surface area (Å²) >= 11 is -1.51. The van der Waals surface area contributed by atoms with Gasteiger partial charge in [-0.2, -0.15) is 4.99 Å². The van der Waals surface area contributed by atoms with Crippen LogP contribution in [0.4, 0.5) is 16.2 Å². The first-order chi connectivity index (χ1) is 16.9. The monoisotopic (exact) mass is 492 g/mol. The summed E-state index contributed by atoms with van der Waals surface area (Å²) in [5.74, 6) is -1.07. The molecule has 3 aromatic rings. The molecular formula is C25H24N4O5S. The molecule has 3 aromatic carbocycles. The van der Waals surface area contributed by atoms with E-state index in [9.17, 15) is 18.9 Å². The predicted molar refractivity (Wildman–Crippen MR) is 134 cm³/mol. The highest BCUT2D eigenvalue weighted by atomic mass is 32.2. The van der Waals surface area contributed by atoms with Gasteiger partial charge in [-0.15, -0.1) is 0 Å². The molecule has 0 spiro atoms. The van der Waals surface area contributed by atoms with E-state index in [1.165, 1.54) is 7.11 Å². The van der Waals surface area contributed by atoms with E-state index in [0.717, 1.165) is 0 Å². The zero-order valence-corrected chi connectivity index (χ0v) is 19.9. The van der Waals surface area contributed by atoms with Crippen molar-refractivity contribution < 1.29 is 23.7 Å². The van der Waals surface area contributed by atoms with E-state index in [1.54, 1.807) is 79.7 Å². The summed E-state index contributed by atoms with van der Waals surface area (Å²) in [4.78, 5) is 41.4. The number of hydrogen-bond acceptors (Lipinski definition) is 5. The van der Waals surface area contributed by atoms with Crippen LogP contribution in [0.2, 0.25) is 0 Å². The highest BCUT2D eigenvalue weighted by Gasteiger charge is 2.19. The van der Waals surface area contributed by atoms with Crippen molar-refractivity contribution in [3.8, 4) is 0 Å². The highest BCUT2D eigenvalue weighted by molar-refractivity contribution is 7.91. The third-order valence-corrected chi connectivity index (χ3v) is 6.03. The van der Waals surface area contributed by atoms with Crippen LogP contribution in [0.5, 0.6) is 0 Å². The molecule has 0 saturated carbocycles. The van der Waals surface area contributed by atoms with Crippen LogP contribution in [0.25, 0.3) is 0 Å². The number of alkyl carbamates (subject to hydrolysis) is 1. The quantitative estimate of drug-likeness (QED) is 0.269. The number of rotatable bonds is 6. The third kappa shape index (κ3) is 7.16. The van der Waals surface area contributed by atoms with Crippen LogP contribution in [-0.4, -0.2) is 35.5 Å². The molecule has 0 aromatic heterocycles. The maximum absolute atomic E-state index is 13.1. The van der Waals surface area contributed by atoms with Crippen LogP contribution in [0.15, 0.2) is 93.6 Å². The maximum Gasteiger partial charge on any atom is 0.413 e. The van der Waals surface area contributed by atoms with Crippen LogP contribution in [-0.2, 0) is 20.7 Å². The molecule has 0 aliphatic carbocycles. The number of hydrogen-bond donors (Lipinski definition) is 3. The highest BCUT2D eigenvalue weighted by Crippen LogP contribution is 2.29. The van der Waals surface area contributed by atoms with Crippen LogP contribution in [0.1, 0.15) is 23.7 Å². The number of nitrogens with one attached hydrogen (secondary N) is 3. The van der Waals surface area contributed by atoms with Crippen molar-refractivity contribution in [3.63, 3.8) is 0 Å². The number of anilines is 2. The molecule has 0 saturated heterocycles. The molecule has 0 bridgehead atoms. The number of benzene rings is 3. The summed E-state index contributed by atoms with van der Waals surface area (Å²) in [6.45, 7) is 1.63. The normalized spacial score (nSPS) is 11.8. The molecule has 0 heterocycles. The standard InChI is InChI=1S/C25H24N4O5S/c1-3-22(30)28-24(29-25(32)34-2)27-20-15-14-19(35(33)18-12-8-5-9-13-18)16-21(20)26-23(31)17-10-6-4-7-11-17/h4-16H,3H2,1-2H3,(H,26,31)(H2,27,28,29,30,32). The summed E-state index contributed by atoms with van der Waals surface area (Å²) in [6, 6.07) is 22.2. The number of methoxy groups -OCH3 is 1. The Morgan fingerprint density at radius 3 is 2.17 bits per heavy atom. The van der Waals surface area contributed by atoms with E-state index >= 15 is 0 Å². The SMILES string of the molecule is CCC(=O)/N=C(/NC(=O)OC)Nc1ccc([S+]([O-])c2ccccc2)cc1NC(=O)c1ccccc1. The minimum absolute atomic E-state index is 0.112. The van der Waals surface area contributed by atoms with Gasteiger partial charge in [-0.3, -0.25) is 14.9 Å². The Hall–Kier alpha value is -4.15. The summed E-state index contributed by atoms with van der Waals surface area (Å²) in [5.41, 5.74) is 0.988.